The van der Waals surface area contributed by atoms with E-state index in [0.717, 1.165) is 15.7 Å². The van der Waals surface area contributed by atoms with Crippen LogP contribution in [-0.2, 0) is 0 Å². The van der Waals surface area contributed by atoms with Crippen molar-refractivity contribution in [3.8, 4) is 0 Å². The van der Waals surface area contributed by atoms with Crippen LogP contribution in [-0.4, -0.2) is 18.2 Å². The summed E-state index contributed by atoms with van der Waals surface area (Å²) in [7, 11) is 1.75. The van der Waals surface area contributed by atoms with Gasteiger partial charge in [0.1, 0.15) is 0 Å². The molecule has 0 bridgehead atoms. The number of hydrogen-bond donors (Lipinski definition) is 0. The van der Waals surface area contributed by atoms with Crippen LogP contribution in [0.1, 0.15) is 12.6 Å². The highest BCUT2D eigenvalue weighted by molar-refractivity contribution is 9.10. The molecule has 2 nitrogen and oxygen atoms in total. The largest absolute Gasteiger partial charge is 0.296 e. The smallest absolute Gasteiger partial charge is 0.0714 e. The highest BCUT2D eigenvalue weighted by Crippen LogP contribution is 2.13. The molecule has 13 heavy (non-hydrogen) atoms. The summed E-state index contributed by atoms with van der Waals surface area (Å²) >= 11 is 3.34. The number of pyridine rings is 1. The lowest BCUT2D eigenvalue weighted by Crippen LogP contribution is -1.89. The number of nitrogens with zero attached hydrogens (tertiary/aromatic N) is 2. The van der Waals surface area contributed by atoms with E-state index < -0.39 is 0 Å². The molecular weight excluding hydrogens is 228 g/mol. The molecule has 0 spiro atoms. The van der Waals surface area contributed by atoms with Gasteiger partial charge < -0.3 is 0 Å². The fourth-order valence-electron chi connectivity index (χ4n) is 0.974. The van der Waals surface area contributed by atoms with E-state index in [0.29, 0.717) is 0 Å². The van der Waals surface area contributed by atoms with Crippen LogP contribution in [0.5, 0.6) is 0 Å². The molecular formula is C10H11BrN2. The van der Waals surface area contributed by atoms with Crippen LogP contribution in [0.2, 0.25) is 0 Å². The minimum atomic E-state index is 0.941. The lowest BCUT2D eigenvalue weighted by Gasteiger charge is -1.99. The van der Waals surface area contributed by atoms with Crippen molar-refractivity contribution in [3.63, 3.8) is 0 Å². The lowest BCUT2D eigenvalue weighted by molar-refractivity contribution is 1.27. The molecule has 0 aromatic carbocycles. The molecule has 1 rings (SSSR count). The molecule has 0 unspecified atom stereocenters. The van der Waals surface area contributed by atoms with E-state index in [1.807, 2.05) is 25.1 Å². The summed E-state index contributed by atoms with van der Waals surface area (Å²) in [6.45, 7) is 1.97. The Morgan fingerprint density at radius 3 is 2.77 bits per heavy atom. The van der Waals surface area contributed by atoms with E-state index >= 15 is 0 Å². The Morgan fingerprint density at radius 1 is 1.54 bits per heavy atom. The van der Waals surface area contributed by atoms with E-state index in [-0.39, 0.29) is 0 Å². The summed E-state index contributed by atoms with van der Waals surface area (Å²) in [5, 5.41) is 0. The normalized spacial score (nSPS) is 12.4. The fourth-order valence-corrected chi connectivity index (χ4v) is 1.21. The van der Waals surface area contributed by atoms with Crippen LogP contribution < -0.4 is 0 Å². The predicted molar refractivity (Wildman–Crippen MR) is 60.0 cm³/mol. The number of hydrogen-bond acceptors (Lipinski definition) is 2. The van der Waals surface area contributed by atoms with Gasteiger partial charge in [0.15, 0.2) is 0 Å². The molecule has 3 heteroatoms. The van der Waals surface area contributed by atoms with Gasteiger partial charge in [-0.25, -0.2) is 0 Å². The van der Waals surface area contributed by atoms with Crippen molar-refractivity contribution in [3.05, 3.63) is 34.6 Å². The standard InChI is InChI=1S/C10H11BrN2/c1-3-8(6-12-2)10-5-4-9(11)7-13-10/h3-7H,1-2H3. The van der Waals surface area contributed by atoms with E-state index in [1.54, 1.807) is 19.5 Å². The lowest BCUT2D eigenvalue weighted by atomic mass is 10.2. The summed E-state index contributed by atoms with van der Waals surface area (Å²) in [5.41, 5.74) is 1.98. The van der Waals surface area contributed by atoms with Gasteiger partial charge in [0.2, 0.25) is 0 Å². The Labute approximate surface area is 86.5 Å². The van der Waals surface area contributed by atoms with Gasteiger partial charge in [-0.3, -0.25) is 9.98 Å². The van der Waals surface area contributed by atoms with Crippen molar-refractivity contribution in [2.45, 2.75) is 6.92 Å². The number of halogens is 1. The maximum Gasteiger partial charge on any atom is 0.0714 e. The van der Waals surface area contributed by atoms with E-state index in [2.05, 4.69) is 25.9 Å². The number of aliphatic imine (C=N–C) groups is 1. The molecule has 0 saturated carbocycles. The third-order valence-electron chi connectivity index (χ3n) is 1.60. The first-order valence-electron chi connectivity index (χ1n) is 3.98. The zero-order valence-corrected chi connectivity index (χ0v) is 9.25. The van der Waals surface area contributed by atoms with Gasteiger partial charge in [-0.05, 0) is 35.0 Å². The van der Waals surface area contributed by atoms with Crippen molar-refractivity contribution in [1.29, 1.82) is 0 Å². The Morgan fingerprint density at radius 2 is 2.31 bits per heavy atom. The molecule has 0 aliphatic heterocycles. The molecule has 0 atom stereocenters. The van der Waals surface area contributed by atoms with Crippen molar-refractivity contribution in [2.75, 3.05) is 7.05 Å². The van der Waals surface area contributed by atoms with Crippen LogP contribution in [0.4, 0.5) is 0 Å². The monoisotopic (exact) mass is 238 g/mol. The molecule has 0 amide bonds. The molecule has 1 aromatic heterocycles. The van der Waals surface area contributed by atoms with Crippen LogP contribution in [0.3, 0.4) is 0 Å². The predicted octanol–water partition coefficient (Wildman–Crippen LogP) is 2.95. The van der Waals surface area contributed by atoms with Crippen LogP contribution in [0, 0.1) is 0 Å². The molecule has 0 aliphatic rings. The topological polar surface area (TPSA) is 25.2 Å². The summed E-state index contributed by atoms with van der Waals surface area (Å²) in [4.78, 5) is 8.22. The van der Waals surface area contributed by atoms with Gasteiger partial charge in [-0.15, -0.1) is 0 Å². The summed E-state index contributed by atoms with van der Waals surface area (Å²) in [6.07, 6.45) is 5.57. The second-order valence-electron chi connectivity index (χ2n) is 2.49. The highest BCUT2D eigenvalue weighted by atomic mass is 79.9. The SMILES string of the molecule is CC=C(C=NC)c1ccc(Br)cn1. The van der Waals surface area contributed by atoms with Gasteiger partial charge in [0.05, 0.1) is 5.69 Å². The van der Waals surface area contributed by atoms with Gasteiger partial charge in [0, 0.05) is 29.5 Å². The Bertz CT molecular complexity index is 325. The summed E-state index contributed by atoms with van der Waals surface area (Å²) < 4.78 is 0.986. The maximum absolute atomic E-state index is 4.26. The van der Waals surface area contributed by atoms with Crippen molar-refractivity contribution in [2.24, 2.45) is 4.99 Å². The van der Waals surface area contributed by atoms with Crippen molar-refractivity contribution >= 4 is 27.7 Å². The van der Waals surface area contributed by atoms with Crippen LogP contribution >= 0.6 is 15.9 Å². The van der Waals surface area contributed by atoms with Gasteiger partial charge in [-0.2, -0.15) is 0 Å². The average molecular weight is 239 g/mol. The number of allylic oxidation sites excluding steroid dienone is 2. The second kappa shape index (κ2) is 4.92. The summed E-state index contributed by atoms with van der Waals surface area (Å²) in [5.74, 6) is 0. The molecule has 0 saturated heterocycles. The van der Waals surface area contributed by atoms with E-state index in [1.165, 1.54) is 0 Å². The number of rotatable bonds is 2. The maximum atomic E-state index is 4.26. The van der Waals surface area contributed by atoms with Crippen molar-refractivity contribution < 1.29 is 0 Å². The zero-order valence-electron chi connectivity index (χ0n) is 7.66. The Kier molecular flexibility index (Phi) is 3.83. The van der Waals surface area contributed by atoms with E-state index in [4.69, 9.17) is 0 Å². The molecule has 0 fully saturated rings. The molecule has 1 aromatic rings. The quantitative estimate of drug-likeness (QED) is 0.728. The minimum absolute atomic E-state index is 0.941. The van der Waals surface area contributed by atoms with Crippen LogP contribution in [0.15, 0.2) is 33.9 Å². The third kappa shape index (κ3) is 2.77. The summed E-state index contributed by atoms with van der Waals surface area (Å²) in [6, 6.07) is 3.93. The first-order chi connectivity index (χ1) is 6.27. The Balaban J connectivity index is 3.00. The second-order valence-corrected chi connectivity index (χ2v) is 3.41. The zero-order chi connectivity index (χ0) is 9.68. The molecule has 0 aliphatic carbocycles. The third-order valence-corrected chi connectivity index (χ3v) is 2.07. The Hall–Kier alpha value is -0.960. The van der Waals surface area contributed by atoms with Gasteiger partial charge >= 0.3 is 0 Å². The van der Waals surface area contributed by atoms with Gasteiger partial charge in [-0.1, -0.05) is 6.08 Å². The molecule has 0 radical (unpaired) electrons. The first kappa shape index (κ1) is 10.1. The van der Waals surface area contributed by atoms with Gasteiger partial charge in [0.25, 0.3) is 0 Å². The molecule has 0 N–H and O–H groups in total. The van der Waals surface area contributed by atoms with Crippen molar-refractivity contribution in [1.82, 2.24) is 4.98 Å². The fraction of sp³-hybridized carbons (Fsp3) is 0.200. The number of aromatic nitrogens is 1. The molecule has 1 heterocycles. The first-order valence-corrected chi connectivity index (χ1v) is 4.77. The minimum Gasteiger partial charge on any atom is -0.296 e. The van der Waals surface area contributed by atoms with Crippen LogP contribution in [0.25, 0.3) is 5.57 Å². The molecule has 68 valence electrons. The van der Waals surface area contributed by atoms with E-state index in [9.17, 15) is 0 Å². The highest BCUT2D eigenvalue weighted by Gasteiger charge is 1.97. The average Bonchev–Trinajstić information content (AvgIpc) is 2.16.